The third-order valence-corrected chi connectivity index (χ3v) is 3.32. The Morgan fingerprint density at radius 2 is 2.20 bits per heavy atom. The SMILES string of the molecule is CCC(C)(NCc1cc([N+](=O)[O-])ccc1OC)C(=O)O. The summed E-state index contributed by atoms with van der Waals surface area (Å²) in [5.41, 5.74) is -0.603. The van der Waals surface area contributed by atoms with Gasteiger partial charge in [0.2, 0.25) is 0 Å². The minimum absolute atomic E-state index is 0.0591. The van der Waals surface area contributed by atoms with Crippen molar-refractivity contribution in [3.8, 4) is 5.75 Å². The third kappa shape index (κ3) is 3.45. The van der Waals surface area contributed by atoms with Crippen LogP contribution in [0.1, 0.15) is 25.8 Å². The number of rotatable bonds is 7. The summed E-state index contributed by atoms with van der Waals surface area (Å²) in [6.07, 6.45) is 0.388. The summed E-state index contributed by atoms with van der Waals surface area (Å²) in [5, 5.41) is 22.8. The Morgan fingerprint density at radius 1 is 1.55 bits per heavy atom. The fourth-order valence-corrected chi connectivity index (χ4v) is 1.66. The fraction of sp³-hybridized carbons (Fsp3) is 0.462. The molecule has 1 aromatic carbocycles. The second kappa shape index (κ2) is 6.33. The third-order valence-electron chi connectivity index (χ3n) is 3.32. The zero-order valence-corrected chi connectivity index (χ0v) is 11.7. The molecular formula is C13H18N2O5. The number of carboxylic acids is 1. The highest BCUT2D eigenvalue weighted by Crippen LogP contribution is 2.24. The number of carbonyl (C=O) groups is 1. The lowest BCUT2D eigenvalue weighted by Gasteiger charge is -2.25. The van der Waals surface area contributed by atoms with Crippen molar-refractivity contribution in [3.63, 3.8) is 0 Å². The minimum Gasteiger partial charge on any atom is -0.496 e. The van der Waals surface area contributed by atoms with E-state index < -0.39 is 16.4 Å². The average molecular weight is 282 g/mol. The lowest BCUT2D eigenvalue weighted by Crippen LogP contribution is -2.48. The van der Waals surface area contributed by atoms with Crippen molar-refractivity contribution in [3.05, 3.63) is 33.9 Å². The number of aliphatic carboxylic acids is 1. The Hall–Kier alpha value is -2.15. The van der Waals surface area contributed by atoms with E-state index in [1.807, 2.05) is 0 Å². The van der Waals surface area contributed by atoms with Gasteiger partial charge in [0.1, 0.15) is 11.3 Å². The smallest absolute Gasteiger partial charge is 0.323 e. The van der Waals surface area contributed by atoms with Gasteiger partial charge in [0, 0.05) is 24.2 Å². The van der Waals surface area contributed by atoms with Crippen LogP contribution in [0.5, 0.6) is 5.75 Å². The minimum atomic E-state index is -1.09. The standard InChI is InChI=1S/C13H18N2O5/c1-4-13(2,12(16)17)14-8-9-7-10(15(18)19)5-6-11(9)20-3/h5-7,14H,4,8H2,1-3H3,(H,16,17). The van der Waals surface area contributed by atoms with E-state index in [4.69, 9.17) is 4.74 Å². The summed E-state index contributed by atoms with van der Waals surface area (Å²) in [7, 11) is 1.46. The van der Waals surface area contributed by atoms with Gasteiger partial charge < -0.3 is 9.84 Å². The number of hydrogen-bond donors (Lipinski definition) is 2. The monoisotopic (exact) mass is 282 g/mol. The molecule has 0 aliphatic carbocycles. The molecular weight excluding hydrogens is 264 g/mol. The molecule has 0 fully saturated rings. The van der Waals surface area contributed by atoms with Gasteiger partial charge >= 0.3 is 5.97 Å². The maximum atomic E-state index is 11.2. The lowest BCUT2D eigenvalue weighted by atomic mass is 9.98. The molecule has 0 saturated heterocycles. The van der Waals surface area contributed by atoms with Crippen molar-refractivity contribution in [2.45, 2.75) is 32.4 Å². The van der Waals surface area contributed by atoms with Gasteiger partial charge in [-0.25, -0.2) is 0 Å². The van der Waals surface area contributed by atoms with Gasteiger partial charge in [-0.15, -0.1) is 0 Å². The molecule has 2 N–H and O–H groups in total. The maximum Gasteiger partial charge on any atom is 0.323 e. The highest BCUT2D eigenvalue weighted by Gasteiger charge is 2.30. The van der Waals surface area contributed by atoms with Crippen molar-refractivity contribution in [1.29, 1.82) is 0 Å². The molecule has 7 nitrogen and oxygen atoms in total. The van der Waals surface area contributed by atoms with Crippen LogP contribution in [0.4, 0.5) is 5.69 Å². The van der Waals surface area contributed by atoms with Crippen molar-refractivity contribution in [2.75, 3.05) is 7.11 Å². The Bertz CT molecular complexity index is 517. The molecule has 0 radical (unpaired) electrons. The summed E-state index contributed by atoms with van der Waals surface area (Å²) in [4.78, 5) is 21.5. The van der Waals surface area contributed by atoms with Crippen LogP contribution in [0.25, 0.3) is 0 Å². The van der Waals surface area contributed by atoms with Crippen molar-refractivity contribution < 1.29 is 19.6 Å². The van der Waals surface area contributed by atoms with Crippen LogP contribution in [0, 0.1) is 10.1 Å². The van der Waals surface area contributed by atoms with Crippen LogP contribution in [0.3, 0.4) is 0 Å². The molecule has 1 rings (SSSR count). The van der Waals surface area contributed by atoms with E-state index in [9.17, 15) is 20.0 Å². The number of methoxy groups -OCH3 is 1. The van der Waals surface area contributed by atoms with E-state index in [2.05, 4.69) is 5.32 Å². The number of benzene rings is 1. The molecule has 0 aromatic heterocycles. The molecule has 110 valence electrons. The van der Waals surface area contributed by atoms with Crippen molar-refractivity contribution in [2.24, 2.45) is 0 Å². The van der Waals surface area contributed by atoms with Crippen LogP contribution in [0.2, 0.25) is 0 Å². The van der Waals surface area contributed by atoms with E-state index >= 15 is 0 Å². The predicted octanol–water partition coefficient (Wildman–Crippen LogP) is 1.95. The maximum absolute atomic E-state index is 11.2. The molecule has 0 amide bonds. The summed E-state index contributed by atoms with van der Waals surface area (Å²) >= 11 is 0. The number of nitrogens with zero attached hydrogens (tertiary/aromatic N) is 1. The number of hydrogen-bond acceptors (Lipinski definition) is 5. The van der Waals surface area contributed by atoms with Gasteiger partial charge in [-0.05, 0) is 19.4 Å². The lowest BCUT2D eigenvalue weighted by molar-refractivity contribution is -0.384. The van der Waals surface area contributed by atoms with Gasteiger partial charge in [0.15, 0.2) is 0 Å². The van der Waals surface area contributed by atoms with Crippen LogP contribution in [-0.2, 0) is 11.3 Å². The second-order valence-corrected chi connectivity index (χ2v) is 4.60. The Morgan fingerprint density at radius 3 is 2.65 bits per heavy atom. The Labute approximate surface area is 116 Å². The molecule has 0 aliphatic rings. The highest BCUT2D eigenvalue weighted by atomic mass is 16.6. The zero-order chi connectivity index (χ0) is 15.3. The fourth-order valence-electron chi connectivity index (χ4n) is 1.66. The molecule has 7 heteroatoms. The van der Waals surface area contributed by atoms with Gasteiger partial charge in [0.25, 0.3) is 5.69 Å². The first kappa shape index (κ1) is 15.9. The number of ether oxygens (including phenoxy) is 1. The van der Waals surface area contributed by atoms with Gasteiger partial charge in [-0.2, -0.15) is 0 Å². The predicted molar refractivity (Wildman–Crippen MR) is 72.8 cm³/mol. The van der Waals surface area contributed by atoms with Crippen LogP contribution < -0.4 is 10.1 Å². The number of nitro groups is 1. The number of nitro benzene ring substituents is 1. The topological polar surface area (TPSA) is 102 Å². The Kier molecular flexibility index (Phi) is 5.04. The molecule has 1 unspecified atom stereocenters. The van der Waals surface area contributed by atoms with E-state index in [0.29, 0.717) is 17.7 Å². The molecule has 0 bridgehead atoms. The first-order chi connectivity index (χ1) is 9.34. The van der Waals surface area contributed by atoms with Crippen LogP contribution >= 0.6 is 0 Å². The second-order valence-electron chi connectivity index (χ2n) is 4.60. The zero-order valence-electron chi connectivity index (χ0n) is 11.7. The number of non-ortho nitro benzene ring substituents is 1. The number of carboxylic acid groups (broad SMARTS) is 1. The van der Waals surface area contributed by atoms with Crippen molar-refractivity contribution >= 4 is 11.7 Å². The first-order valence-electron chi connectivity index (χ1n) is 6.13. The molecule has 0 saturated carbocycles. The molecule has 0 aliphatic heterocycles. The van der Waals surface area contributed by atoms with Crippen molar-refractivity contribution in [1.82, 2.24) is 5.32 Å². The van der Waals surface area contributed by atoms with E-state index in [1.165, 1.54) is 25.3 Å². The molecule has 1 aromatic rings. The number of nitrogens with one attached hydrogen (secondary N) is 1. The first-order valence-corrected chi connectivity index (χ1v) is 6.13. The Balaban J connectivity index is 2.98. The quantitative estimate of drug-likeness (QED) is 0.585. The van der Waals surface area contributed by atoms with Gasteiger partial charge in [-0.1, -0.05) is 6.92 Å². The molecule has 0 spiro atoms. The summed E-state index contributed by atoms with van der Waals surface area (Å²) < 4.78 is 5.13. The normalized spacial score (nSPS) is 13.6. The molecule has 0 heterocycles. The van der Waals surface area contributed by atoms with Gasteiger partial charge in [0.05, 0.1) is 12.0 Å². The largest absolute Gasteiger partial charge is 0.496 e. The van der Waals surface area contributed by atoms with Crippen LogP contribution in [0.15, 0.2) is 18.2 Å². The van der Waals surface area contributed by atoms with E-state index in [0.717, 1.165) is 0 Å². The summed E-state index contributed by atoms with van der Waals surface area (Å²) in [5.74, 6) is -0.490. The van der Waals surface area contributed by atoms with E-state index in [-0.39, 0.29) is 12.2 Å². The summed E-state index contributed by atoms with van der Waals surface area (Å²) in [6, 6.07) is 4.22. The average Bonchev–Trinajstić information content (AvgIpc) is 2.43. The molecule has 1 atom stereocenters. The van der Waals surface area contributed by atoms with E-state index in [1.54, 1.807) is 13.8 Å². The highest BCUT2D eigenvalue weighted by molar-refractivity contribution is 5.78. The van der Waals surface area contributed by atoms with Gasteiger partial charge in [-0.3, -0.25) is 20.2 Å². The summed E-state index contributed by atoms with van der Waals surface area (Å²) in [6.45, 7) is 3.49. The molecule has 20 heavy (non-hydrogen) atoms. The van der Waals surface area contributed by atoms with Crippen LogP contribution in [-0.4, -0.2) is 28.6 Å².